The van der Waals surface area contributed by atoms with Gasteiger partial charge in [0.05, 0.1) is 5.54 Å². The van der Waals surface area contributed by atoms with Crippen molar-refractivity contribution in [2.24, 2.45) is 4.99 Å². The quantitative estimate of drug-likeness (QED) is 0.776. The van der Waals surface area contributed by atoms with Crippen LogP contribution >= 0.6 is 0 Å². The molecule has 0 bridgehead atoms. The van der Waals surface area contributed by atoms with Gasteiger partial charge in [0, 0.05) is 5.56 Å². The van der Waals surface area contributed by atoms with E-state index in [9.17, 15) is 0 Å². The molecule has 1 aromatic rings. The maximum absolute atomic E-state index is 5.74. The van der Waals surface area contributed by atoms with Gasteiger partial charge in [-0.05, 0) is 37.8 Å². The van der Waals surface area contributed by atoms with Gasteiger partial charge in [0.15, 0.2) is 0 Å². The van der Waals surface area contributed by atoms with Gasteiger partial charge in [-0.1, -0.05) is 32.0 Å². The molecule has 0 saturated heterocycles. The highest BCUT2D eigenvalue weighted by Gasteiger charge is 2.28. The van der Waals surface area contributed by atoms with E-state index in [1.807, 2.05) is 0 Å². The van der Waals surface area contributed by atoms with Crippen LogP contribution in [0.4, 0.5) is 0 Å². The Morgan fingerprint density at radius 3 is 2.65 bits per heavy atom. The van der Waals surface area contributed by atoms with E-state index in [0.29, 0.717) is 12.5 Å². The first-order chi connectivity index (χ1) is 8.03. The number of rotatable bonds is 3. The Bertz CT molecular complexity index is 434. The van der Waals surface area contributed by atoms with Crippen LogP contribution in [-0.4, -0.2) is 18.0 Å². The van der Waals surface area contributed by atoms with Crippen LogP contribution in [0.25, 0.3) is 0 Å². The molecule has 0 aromatic heterocycles. The van der Waals surface area contributed by atoms with E-state index >= 15 is 0 Å². The van der Waals surface area contributed by atoms with Crippen molar-refractivity contribution in [1.82, 2.24) is 0 Å². The van der Waals surface area contributed by atoms with Crippen LogP contribution < -0.4 is 0 Å². The van der Waals surface area contributed by atoms with E-state index in [1.165, 1.54) is 5.56 Å². The zero-order valence-corrected chi connectivity index (χ0v) is 11.2. The smallest absolute Gasteiger partial charge is 0.217 e. The van der Waals surface area contributed by atoms with Crippen molar-refractivity contribution in [3.8, 4) is 0 Å². The molecule has 0 radical (unpaired) electrons. The fourth-order valence-corrected chi connectivity index (χ4v) is 2.06. The molecule has 1 unspecified atom stereocenters. The van der Waals surface area contributed by atoms with Crippen LogP contribution in [0.2, 0.25) is 0 Å². The molecule has 1 aliphatic rings. The normalized spacial score (nSPS) is 19.6. The van der Waals surface area contributed by atoms with Crippen LogP contribution in [0.1, 0.15) is 51.2 Å². The molecular formula is C15H21NO. The molecule has 1 aromatic carbocycles. The summed E-state index contributed by atoms with van der Waals surface area (Å²) in [5.74, 6) is 1.35. The van der Waals surface area contributed by atoms with Crippen LogP contribution in [0.3, 0.4) is 0 Å². The zero-order valence-electron chi connectivity index (χ0n) is 11.2. The molecule has 2 rings (SSSR count). The van der Waals surface area contributed by atoms with Gasteiger partial charge in [-0.15, -0.1) is 0 Å². The van der Waals surface area contributed by atoms with Gasteiger partial charge in [-0.2, -0.15) is 0 Å². The highest BCUT2D eigenvalue weighted by Crippen LogP contribution is 2.27. The van der Waals surface area contributed by atoms with E-state index in [0.717, 1.165) is 17.9 Å². The van der Waals surface area contributed by atoms with Crippen molar-refractivity contribution in [3.63, 3.8) is 0 Å². The Morgan fingerprint density at radius 2 is 2.06 bits per heavy atom. The fraction of sp³-hybridized carbons (Fsp3) is 0.533. The largest absolute Gasteiger partial charge is 0.475 e. The molecule has 0 aliphatic carbocycles. The molecule has 0 spiro atoms. The second-order valence-electron chi connectivity index (χ2n) is 5.41. The monoisotopic (exact) mass is 231 g/mol. The van der Waals surface area contributed by atoms with Crippen molar-refractivity contribution >= 4 is 5.90 Å². The van der Waals surface area contributed by atoms with Crippen molar-refractivity contribution in [3.05, 3.63) is 35.4 Å². The summed E-state index contributed by atoms with van der Waals surface area (Å²) in [6.45, 7) is 9.34. The van der Waals surface area contributed by atoms with Crippen molar-refractivity contribution in [2.75, 3.05) is 6.61 Å². The summed E-state index contributed by atoms with van der Waals surface area (Å²) in [6.07, 6.45) is 1.13. The minimum absolute atomic E-state index is 0.0854. The number of aliphatic imine (C=N–C) groups is 1. The highest BCUT2D eigenvalue weighted by molar-refractivity contribution is 5.97. The molecule has 1 atom stereocenters. The maximum atomic E-state index is 5.74. The third kappa shape index (κ3) is 2.51. The van der Waals surface area contributed by atoms with E-state index in [4.69, 9.17) is 4.74 Å². The lowest BCUT2D eigenvalue weighted by Crippen LogP contribution is -2.17. The van der Waals surface area contributed by atoms with E-state index in [-0.39, 0.29) is 5.54 Å². The minimum Gasteiger partial charge on any atom is -0.475 e. The number of hydrogen-bond acceptors (Lipinski definition) is 2. The molecule has 2 heteroatoms. The topological polar surface area (TPSA) is 21.6 Å². The molecule has 0 saturated carbocycles. The van der Waals surface area contributed by atoms with Crippen LogP contribution in [0.5, 0.6) is 0 Å². The molecule has 2 nitrogen and oxygen atoms in total. The van der Waals surface area contributed by atoms with Crippen molar-refractivity contribution < 1.29 is 4.74 Å². The third-order valence-corrected chi connectivity index (χ3v) is 3.30. The molecular weight excluding hydrogens is 210 g/mol. The first-order valence-corrected chi connectivity index (χ1v) is 6.35. The van der Waals surface area contributed by atoms with Gasteiger partial charge >= 0.3 is 0 Å². The number of benzene rings is 1. The number of ether oxygens (including phenoxy) is 1. The van der Waals surface area contributed by atoms with Gasteiger partial charge in [-0.25, -0.2) is 4.99 Å². The second-order valence-corrected chi connectivity index (χ2v) is 5.41. The van der Waals surface area contributed by atoms with Gasteiger partial charge in [-0.3, -0.25) is 0 Å². The lowest BCUT2D eigenvalue weighted by Gasteiger charge is -2.14. The Labute approximate surface area is 104 Å². The van der Waals surface area contributed by atoms with E-state index < -0.39 is 0 Å². The summed E-state index contributed by atoms with van der Waals surface area (Å²) < 4.78 is 5.74. The average Bonchev–Trinajstić information content (AvgIpc) is 2.68. The molecule has 0 N–H and O–H groups in total. The summed E-state index contributed by atoms with van der Waals surface area (Å²) in [7, 11) is 0. The predicted molar refractivity (Wildman–Crippen MR) is 71.7 cm³/mol. The Hall–Kier alpha value is -1.31. The first kappa shape index (κ1) is 12.2. The second kappa shape index (κ2) is 4.52. The van der Waals surface area contributed by atoms with Gasteiger partial charge < -0.3 is 4.74 Å². The molecule has 92 valence electrons. The standard InChI is InChI=1S/C15H21NO/c1-5-11(2)12-8-6-7-9-13(12)14-16-15(3,4)10-17-14/h6-9,11H,5,10H2,1-4H3. The zero-order chi connectivity index (χ0) is 12.5. The summed E-state index contributed by atoms with van der Waals surface area (Å²) in [6, 6.07) is 8.44. The summed E-state index contributed by atoms with van der Waals surface area (Å²) >= 11 is 0. The Kier molecular flexibility index (Phi) is 3.23. The first-order valence-electron chi connectivity index (χ1n) is 6.35. The summed E-state index contributed by atoms with van der Waals surface area (Å²) in [5.41, 5.74) is 2.41. The maximum Gasteiger partial charge on any atom is 0.217 e. The molecule has 1 aliphatic heterocycles. The average molecular weight is 231 g/mol. The van der Waals surface area contributed by atoms with Crippen LogP contribution in [0, 0.1) is 0 Å². The van der Waals surface area contributed by atoms with Gasteiger partial charge in [0.1, 0.15) is 6.61 Å². The Balaban J connectivity index is 2.40. The number of hydrogen-bond donors (Lipinski definition) is 0. The molecule has 17 heavy (non-hydrogen) atoms. The van der Waals surface area contributed by atoms with Crippen LogP contribution in [-0.2, 0) is 4.74 Å². The minimum atomic E-state index is -0.0854. The molecule has 0 fully saturated rings. The van der Waals surface area contributed by atoms with E-state index in [2.05, 4.69) is 57.0 Å². The third-order valence-electron chi connectivity index (χ3n) is 3.30. The molecule has 1 heterocycles. The SMILES string of the molecule is CCC(C)c1ccccc1C1=NC(C)(C)CO1. The molecule has 0 amide bonds. The van der Waals surface area contributed by atoms with E-state index in [1.54, 1.807) is 0 Å². The lowest BCUT2D eigenvalue weighted by atomic mass is 9.93. The highest BCUT2D eigenvalue weighted by atomic mass is 16.5. The number of nitrogens with zero attached hydrogens (tertiary/aromatic N) is 1. The lowest BCUT2D eigenvalue weighted by molar-refractivity contribution is 0.279. The summed E-state index contributed by atoms with van der Waals surface area (Å²) in [5, 5.41) is 0. The Morgan fingerprint density at radius 1 is 1.35 bits per heavy atom. The van der Waals surface area contributed by atoms with Gasteiger partial charge in [0.2, 0.25) is 5.90 Å². The fourth-order valence-electron chi connectivity index (χ4n) is 2.06. The van der Waals surface area contributed by atoms with Crippen molar-refractivity contribution in [2.45, 2.75) is 45.6 Å². The van der Waals surface area contributed by atoms with Gasteiger partial charge in [0.25, 0.3) is 0 Å². The van der Waals surface area contributed by atoms with Crippen molar-refractivity contribution in [1.29, 1.82) is 0 Å². The van der Waals surface area contributed by atoms with Crippen LogP contribution in [0.15, 0.2) is 29.3 Å². The predicted octanol–water partition coefficient (Wildman–Crippen LogP) is 3.76. The summed E-state index contributed by atoms with van der Waals surface area (Å²) in [4.78, 5) is 4.66.